The Morgan fingerprint density at radius 1 is 0.361 bits per heavy atom. The molecule has 0 heterocycles. The Morgan fingerprint density at radius 3 is 0.917 bits per heavy atom. The molecule has 214 valence electrons. The first kappa shape index (κ1) is 34.9. The zero-order valence-electron chi connectivity index (χ0n) is 23.3. The highest BCUT2D eigenvalue weighted by Gasteiger charge is 2.04. The van der Waals surface area contributed by atoms with E-state index in [-0.39, 0.29) is 11.9 Å². The second kappa shape index (κ2) is 30.1. The van der Waals surface area contributed by atoms with Crippen LogP contribution in [0.1, 0.15) is 154 Å². The summed E-state index contributed by atoms with van der Waals surface area (Å²) >= 11 is 0. The molecule has 0 radical (unpaired) electrons. The van der Waals surface area contributed by atoms with E-state index in [0.29, 0.717) is 39.3 Å². The maximum absolute atomic E-state index is 11.8. The topological polar surface area (TPSA) is 93.1 Å². The molecule has 0 amide bonds. The predicted octanol–water partition coefficient (Wildman–Crippen LogP) is 7.42. The molecule has 0 unspecified atom stereocenters. The lowest BCUT2D eigenvalue weighted by Crippen LogP contribution is -2.06. The van der Waals surface area contributed by atoms with Crippen molar-refractivity contribution in [3.05, 3.63) is 0 Å². The number of aliphatic hydroxyl groups excluding tert-OH is 2. The summed E-state index contributed by atoms with van der Waals surface area (Å²) in [6.45, 7) is 1.70. The zero-order valence-corrected chi connectivity index (χ0v) is 23.3. The highest BCUT2D eigenvalue weighted by Crippen LogP contribution is 2.12. The van der Waals surface area contributed by atoms with Crippen LogP contribution in [0.2, 0.25) is 0 Å². The second-order valence-electron chi connectivity index (χ2n) is 10.2. The summed E-state index contributed by atoms with van der Waals surface area (Å²) in [4.78, 5) is 23.6. The van der Waals surface area contributed by atoms with Crippen molar-refractivity contribution >= 4 is 11.9 Å². The lowest BCUT2D eigenvalue weighted by atomic mass is 10.1. The van der Waals surface area contributed by atoms with Crippen LogP contribution in [0.25, 0.3) is 0 Å². The molecule has 0 bridgehead atoms. The molecule has 0 fully saturated rings. The van der Waals surface area contributed by atoms with E-state index in [2.05, 4.69) is 0 Å². The summed E-state index contributed by atoms with van der Waals surface area (Å²) in [5.74, 6) is -0.139. The molecule has 36 heavy (non-hydrogen) atoms. The van der Waals surface area contributed by atoms with Gasteiger partial charge in [-0.25, -0.2) is 0 Å². The van der Waals surface area contributed by atoms with Crippen LogP contribution in [0, 0.1) is 0 Å². The van der Waals surface area contributed by atoms with E-state index in [1.807, 2.05) is 0 Å². The van der Waals surface area contributed by atoms with E-state index in [1.165, 1.54) is 51.4 Å². The molecule has 0 aliphatic heterocycles. The molecule has 0 saturated heterocycles. The zero-order chi connectivity index (χ0) is 26.4. The van der Waals surface area contributed by atoms with E-state index in [0.717, 1.165) is 89.9 Å². The maximum Gasteiger partial charge on any atom is 0.305 e. The Bertz CT molecular complexity index is 426. The number of carbonyl (C=O) groups is 2. The quantitative estimate of drug-likeness (QED) is 0.0797. The monoisotopic (exact) mass is 514 g/mol. The first-order valence-electron chi connectivity index (χ1n) is 15.2. The molecule has 0 atom stereocenters. The molecule has 0 aliphatic carbocycles. The minimum absolute atomic E-state index is 0.0696. The van der Waals surface area contributed by atoms with E-state index in [9.17, 15) is 9.59 Å². The fourth-order valence-electron chi connectivity index (χ4n) is 4.31. The van der Waals surface area contributed by atoms with Gasteiger partial charge in [-0.2, -0.15) is 0 Å². The molecular formula is C30H58O6. The van der Waals surface area contributed by atoms with Crippen molar-refractivity contribution in [1.29, 1.82) is 0 Å². The van der Waals surface area contributed by atoms with E-state index < -0.39 is 0 Å². The average molecular weight is 515 g/mol. The Balaban J connectivity index is 3.25. The summed E-state index contributed by atoms with van der Waals surface area (Å²) in [7, 11) is 0. The molecule has 0 aromatic carbocycles. The standard InChI is InChI=1S/C30H58O6/c31-25-19-13-7-1-3-9-15-21-27-35-29(33)23-17-11-5-6-12-18-24-30(34)36-28-22-16-10-4-2-8-14-20-26-32/h31-32H,1-28H2. The van der Waals surface area contributed by atoms with Crippen molar-refractivity contribution in [1.82, 2.24) is 0 Å². The molecule has 0 spiro atoms. The number of rotatable bonds is 29. The van der Waals surface area contributed by atoms with Crippen molar-refractivity contribution < 1.29 is 29.3 Å². The molecule has 0 rings (SSSR count). The number of unbranched alkanes of at least 4 members (excludes halogenated alkanes) is 19. The molecule has 0 aliphatic rings. The van der Waals surface area contributed by atoms with Gasteiger partial charge in [0.15, 0.2) is 0 Å². The van der Waals surface area contributed by atoms with Crippen LogP contribution in [0.5, 0.6) is 0 Å². The van der Waals surface area contributed by atoms with Gasteiger partial charge in [0.1, 0.15) is 0 Å². The van der Waals surface area contributed by atoms with Crippen LogP contribution in [-0.4, -0.2) is 48.6 Å². The van der Waals surface area contributed by atoms with Crippen LogP contribution < -0.4 is 0 Å². The highest BCUT2D eigenvalue weighted by atomic mass is 16.5. The second-order valence-corrected chi connectivity index (χ2v) is 10.2. The molecule has 0 saturated carbocycles. The van der Waals surface area contributed by atoms with E-state index in [4.69, 9.17) is 19.7 Å². The number of carbonyl (C=O) groups excluding carboxylic acids is 2. The molecule has 6 nitrogen and oxygen atoms in total. The van der Waals surface area contributed by atoms with Crippen molar-refractivity contribution in [2.45, 2.75) is 154 Å². The van der Waals surface area contributed by atoms with Crippen molar-refractivity contribution in [3.63, 3.8) is 0 Å². The SMILES string of the molecule is O=C(CCCCCCCCC(=O)OCCCCCCCCCCO)OCCCCCCCCCCO. The van der Waals surface area contributed by atoms with E-state index >= 15 is 0 Å². The molecule has 2 N–H and O–H groups in total. The van der Waals surface area contributed by atoms with Crippen LogP contribution in [0.15, 0.2) is 0 Å². The summed E-state index contributed by atoms with van der Waals surface area (Å²) in [6.07, 6.45) is 25.0. The lowest BCUT2D eigenvalue weighted by Gasteiger charge is -2.06. The Kier molecular flexibility index (Phi) is 29.1. The third-order valence-corrected chi connectivity index (χ3v) is 6.64. The smallest absolute Gasteiger partial charge is 0.305 e. The minimum atomic E-state index is -0.0696. The van der Waals surface area contributed by atoms with Crippen molar-refractivity contribution in [2.24, 2.45) is 0 Å². The van der Waals surface area contributed by atoms with E-state index in [1.54, 1.807) is 0 Å². The third kappa shape index (κ3) is 29.1. The van der Waals surface area contributed by atoms with Gasteiger partial charge in [0.25, 0.3) is 0 Å². The normalized spacial score (nSPS) is 11.1. The number of aliphatic hydroxyl groups is 2. The van der Waals surface area contributed by atoms with Crippen LogP contribution >= 0.6 is 0 Å². The van der Waals surface area contributed by atoms with Gasteiger partial charge in [-0.05, 0) is 38.5 Å². The van der Waals surface area contributed by atoms with Crippen LogP contribution in [0.4, 0.5) is 0 Å². The van der Waals surface area contributed by atoms with Crippen molar-refractivity contribution in [2.75, 3.05) is 26.4 Å². The Morgan fingerprint density at radius 2 is 0.611 bits per heavy atom. The van der Waals surface area contributed by atoms with Gasteiger partial charge in [0.05, 0.1) is 13.2 Å². The Hall–Kier alpha value is -1.14. The largest absolute Gasteiger partial charge is 0.466 e. The van der Waals surface area contributed by atoms with Gasteiger partial charge in [-0.3, -0.25) is 9.59 Å². The van der Waals surface area contributed by atoms with Gasteiger partial charge in [0.2, 0.25) is 0 Å². The van der Waals surface area contributed by atoms with Gasteiger partial charge in [-0.15, -0.1) is 0 Å². The molecular weight excluding hydrogens is 456 g/mol. The van der Waals surface area contributed by atoms with Crippen LogP contribution in [-0.2, 0) is 19.1 Å². The highest BCUT2D eigenvalue weighted by molar-refractivity contribution is 5.69. The summed E-state index contributed by atoms with van der Waals surface area (Å²) in [6, 6.07) is 0. The number of esters is 2. The Labute approximate surface area is 221 Å². The van der Waals surface area contributed by atoms with Crippen molar-refractivity contribution in [3.8, 4) is 0 Å². The summed E-state index contributed by atoms with van der Waals surface area (Å²) < 4.78 is 10.6. The number of hydrogen-bond donors (Lipinski definition) is 2. The molecule has 0 aromatic rings. The summed E-state index contributed by atoms with van der Waals surface area (Å²) in [5.41, 5.74) is 0. The third-order valence-electron chi connectivity index (χ3n) is 6.64. The molecule has 6 heteroatoms. The summed E-state index contributed by atoms with van der Waals surface area (Å²) in [5, 5.41) is 17.5. The fourth-order valence-corrected chi connectivity index (χ4v) is 4.31. The van der Waals surface area contributed by atoms with Crippen LogP contribution in [0.3, 0.4) is 0 Å². The van der Waals surface area contributed by atoms with Gasteiger partial charge < -0.3 is 19.7 Å². The first-order valence-corrected chi connectivity index (χ1v) is 15.2. The number of hydrogen-bond acceptors (Lipinski definition) is 6. The van der Waals surface area contributed by atoms with Gasteiger partial charge in [0, 0.05) is 26.1 Å². The predicted molar refractivity (Wildman–Crippen MR) is 147 cm³/mol. The number of ether oxygens (including phenoxy) is 2. The fraction of sp³-hybridized carbons (Fsp3) is 0.933. The lowest BCUT2D eigenvalue weighted by molar-refractivity contribution is -0.144. The first-order chi connectivity index (χ1) is 17.7. The van der Waals surface area contributed by atoms with Gasteiger partial charge >= 0.3 is 11.9 Å². The molecule has 0 aromatic heterocycles. The minimum Gasteiger partial charge on any atom is -0.466 e. The average Bonchev–Trinajstić information content (AvgIpc) is 2.87. The maximum atomic E-state index is 11.8. The van der Waals surface area contributed by atoms with Gasteiger partial charge in [-0.1, -0.05) is 103 Å².